The van der Waals surface area contributed by atoms with Gasteiger partial charge in [0.15, 0.2) is 0 Å². The number of hydrogen-bond donors (Lipinski definition) is 1. The molecule has 2 aromatic carbocycles. The number of allylic oxidation sites excluding steroid dienone is 1. The van der Waals surface area contributed by atoms with Crippen LogP contribution in [-0.4, -0.2) is 49.7 Å². The van der Waals surface area contributed by atoms with Gasteiger partial charge in [0.05, 0.1) is 22.9 Å². The van der Waals surface area contributed by atoms with Gasteiger partial charge in [-0.1, -0.05) is 29.8 Å². The van der Waals surface area contributed by atoms with Crippen molar-refractivity contribution in [2.75, 3.05) is 24.7 Å². The topological polar surface area (TPSA) is 87.1 Å². The van der Waals surface area contributed by atoms with Gasteiger partial charge in [-0.25, -0.2) is 13.2 Å². The first-order valence-electron chi connectivity index (χ1n) is 10.4. The molecule has 1 heterocycles. The van der Waals surface area contributed by atoms with E-state index in [1.54, 1.807) is 13.1 Å². The number of benzene rings is 2. The molecule has 1 unspecified atom stereocenters. The molecule has 0 amide bonds. The van der Waals surface area contributed by atoms with Crippen molar-refractivity contribution >= 4 is 39.1 Å². The number of hydrogen-bond acceptors (Lipinski definition) is 6. The summed E-state index contributed by atoms with van der Waals surface area (Å²) in [4.78, 5) is 13.7. The van der Waals surface area contributed by atoms with Gasteiger partial charge in [0, 0.05) is 31.4 Å². The maximum atomic E-state index is 13.7. The Morgan fingerprint density at radius 3 is 2.55 bits per heavy atom. The molecule has 9 heteroatoms. The van der Waals surface area contributed by atoms with Crippen LogP contribution >= 0.6 is 11.8 Å². The molecular formula is C24H28N2O5S2. The number of rotatable bonds is 7. The van der Waals surface area contributed by atoms with Crippen LogP contribution in [0.1, 0.15) is 20.3 Å². The minimum atomic E-state index is -3.85. The number of para-hydroxylation sites is 1. The summed E-state index contributed by atoms with van der Waals surface area (Å²) >= 11 is 1.40. The van der Waals surface area contributed by atoms with E-state index in [-0.39, 0.29) is 16.7 Å². The number of likely N-dealkylation sites (N-methyl/N-ethyl adjacent to an activating group) is 1. The molecule has 0 radical (unpaired) electrons. The summed E-state index contributed by atoms with van der Waals surface area (Å²) in [6.45, 7) is 4.46. The lowest BCUT2D eigenvalue weighted by atomic mass is 10.1. The number of carbonyl (C=O) groups is 1. The maximum Gasteiger partial charge on any atom is 0.331 e. The highest BCUT2D eigenvalue weighted by Gasteiger charge is 2.37. The average molecular weight is 489 g/mol. The van der Waals surface area contributed by atoms with Crippen molar-refractivity contribution in [2.45, 2.75) is 36.1 Å². The number of aliphatic carboxylic acids is 1. The zero-order valence-corrected chi connectivity index (χ0v) is 20.7. The lowest BCUT2D eigenvalue weighted by Crippen LogP contribution is -2.40. The Bertz CT molecular complexity index is 1170. The number of ether oxygens (including phenoxy) is 1. The molecule has 0 aromatic heterocycles. The summed E-state index contributed by atoms with van der Waals surface area (Å²) in [6, 6.07) is 12.7. The third-order valence-corrected chi connectivity index (χ3v) is 8.07. The highest BCUT2D eigenvalue weighted by molar-refractivity contribution is 7.98. The zero-order valence-electron chi connectivity index (χ0n) is 19.1. The van der Waals surface area contributed by atoms with Crippen molar-refractivity contribution in [1.29, 1.82) is 0 Å². The van der Waals surface area contributed by atoms with E-state index < -0.39 is 16.0 Å². The molecule has 0 aliphatic carbocycles. The minimum absolute atomic E-state index is 0.116. The van der Waals surface area contributed by atoms with Gasteiger partial charge >= 0.3 is 5.97 Å². The number of carboxylic acid groups (broad SMARTS) is 1. The Morgan fingerprint density at radius 2 is 1.94 bits per heavy atom. The predicted octanol–water partition coefficient (Wildman–Crippen LogP) is 4.88. The number of nitrogens with zero attached hydrogens (tertiary/aromatic N) is 2. The smallest absolute Gasteiger partial charge is 0.331 e. The van der Waals surface area contributed by atoms with Gasteiger partial charge in [0.25, 0.3) is 0 Å². The first-order valence-corrected chi connectivity index (χ1v) is 13.0. The normalized spacial score (nSPS) is 17.9. The van der Waals surface area contributed by atoms with Crippen LogP contribution in [0.5, 0.6) is 5.75 Å². The first-order chi connectivity index (χ1) is 15.6. The van der Waals surface area contributed by atoms with E-state index in [1.807, 2.05) is 55.3 Å². The fraction of sp³-hybridized carbons (Fsp3) is 0.292. The Kier molecular flexibility index (Phi) is 7.88. The summed E-state index contributed by atoms with van der Waals surface area (Å²) in [7, 11) is -2.25. The van der Waals surface area contributed by atoms with E-state index in [0.717, 1.165) is 23.6 Å². The van der Waals surface area contributed by atoms with Crippen LogP contribution in [0.3, 0.4) is 0 Å². The second-order valence-electron chi connectivity index (χ2n) is 7.87. The third-order valence-electron chi connectivity index (χ3n) is 5.37. The SMILES string of the molecule is CSc1cc2c(cc1O/C=C/C(=O)O)S(=O)(=O)N(C)C(CC=C(C)C)CN2c1ccccc1. The molecule has 33 heavy (non-hydrogen) atoms. The molecule has 0 saturated heterocycles. The Balaban J connectivity index is 2.22. The molecular weight excluding hydrogens is 460 g/mol. The third kappa shape index (κ3) is 5.61. The van der Waals surface area contributed by atoms with E-state index in [1.165, 1.54) is 22.1 Å². The molecule has 2 aromatic rings. The van der Waals surface area contributed by atoms with Gasteiger partial charge in [0.1, 0.15) is 10.6 Å². The molecule has 0 spiro atoms. The summed E-state index contributed by atoms with van der Waals surface area (Å²) in [5.74, 6) is -0.869. The second-order valence-corrected chi connectivity index (χ2v) is 10.7. The maximum absolute atomic E-state index is 13.7. The number of sulfonamides is 1. The van der Waals surface area contributed by atoms with Crippen LogP contribution in [0, 0.1) is 0 Å². The van der Waals surface area contributed by atoms with Crippen molar-refractivity contribution in [3.63, 3.8) is 0 Å². The molecule has 1 N–H and O–H groups in total. The van der Waals surface area contributed by atoms with Gasteiger partial charge in [-0.3, -0.25) is 0 Å². The molecule has 0 fully saturated rings. The van der Waals surface area contributed by atoms with E-state index in [0.29, 0.717) is 23.5 Å². The summed E-state index contributed by atoms with van der Waals surface area (Å²) in [5, 5.41) is 8.86. The van der Waals surface area contributed by atoms with Crippen molar-refractivity contribution in [3.8, 4) is 5.75 Å². The number of anilines is 2. The van der Waals surface area contributed by atoms with E-state index >= 15 is 0 Å². The summed E-state index contributed by atoms with van der Waals surface area (Å²) < 4.78 is 34.3. The van der Waals surface area contributed by atoms with Crippen LogP contribution in [0.15, 0.2) is 76.2 Å². The monoisotopic (exact) mass is 488 g/mol. The molecule has 1 atom stereocenters. The van der Waals surface area contributed by atoms with Gasteiger partial charge in [-0.05, 0) is 44.7 Å². The fourth-order valence-corrected chi connectivity index (χ4v) is 5.67. The Hall–Kier alpha value is -2.75. The van der Waals surface area contributed by atoms with Crippen molar-refractivity contribution in [3.05, 3.63) is 66.5 Å². The van der Waals surface area contributed by atoms with Gasteiger partial charge in [-0.15, -0.1) is 11.8 Å². The molecule has 0 bridgehead atoms. The number of thioether (sulfide) groups is 1. The quantitative estimate of drug-likeness (QED) is 0.257. The van der Waals surface area contributed by atoms with E-state index in [4.69, 9.17) is 9.84 Å². The number of fused-ring (bicyclic) bond motifs is 1. The highest BCUT2D eigenvalue weighted by atomic mass is 32.2. The average Bonchev–Trinajstić information content (AvgIpc) is 2.85. The van der Waals surface area contributed by atoms with Crippen LogP contribution < -0.4 is 9.64 Å². The molecule has 7 nitrogen and oxygen atoms in total. The van der Waals surface area contributed by atoms with Crippen molar-refractivity contribution in [1.82, 2.24) is 4.31 Å². The Morgan fingerprint density at radius 1 is 1.24 bits per heavy atom. The zero-order chi connectivity index (χ0) is 24.2. The van der Waals surface area contributed by atoms with Crippen LogP contribution in [0.25, 0.3) is 0 Å². The van der Waals surface area contributed by atoms with Gasteiger partial charge in [-0.2, -0.15) is 4.31 Å². The number of carboxylic acids is 1. The largest absolute Gasteiger partial charge is 0.478 e. The predicted molar refractivity (Wildman–Crippen MR) is 132 cm³/mol. The van der Waals surface area contributed by atoms with Crippen LogP contribution in [-0.2, 0) is 14.8 Å². The Labute approximate surface area is 199 Å². The molecule has 1 aliphatic rings. The van der Waals surface area contributed by atoms with E-state index in [2.05, 4.69) is 6.08 Å². The summed E-state index contributed by atoms with van der Waals surface area (Å²) in [6.07, 6.45) is 6.40. The van der Waals surface area contributed by atoms with Gasteiger partial charge in [0.2, 0.25) is 10.0 Å². The van der Waals surface area contributed by atoms with Crippen molar-refractivity contribution < 1.29 is 23.1 Å². The van der Waals surface area contributed by atoms with E-state index in [9.17, 15) is 13.2 Å². The summed E-state index contributed by atoms with van der Waals surface area (Å²) in [5.41, 5.74) is 2.57. The van der Waals surface area contributed by atoms with Gasteiger partial charge < -0.3 is 14.7 Å². The molecule has 0 saturated carbocycles. The molecule has 3 rings (SSSR count). The molecule has 176 valence electrons. The first kappa shape index (κ1) is 24.9. The standard InChI is InChI=1S/C24H28N2O5S2/c1-17(2)10-11-19-16-26(18-8-6-5-7-9-18)20-14-22(32-4)21(31-13-12-24(27)28)15-23(20)33(29,30)25(19)3/h5-10,12-15,19H,11,16H2,1-4H3,(H,27,28)/b13-12+. The van der Waals surface area contributed by atoms with Crippen LogP contribution in [0.2, 0.25) is 0 Å². The van der Waals surface area contributed by atoms with Crippen molar-refractivity contribution in [2.24, 2.45) is 0 Å². The minimum Gasteiger partial charge on any atom is -0.478 e. The lowest BCUT2D eigenvalue weighted by molar-refractivity contribution is -0.131. The lowest BCUT2D eigenvalue weighted by Gasteiger charge is -2.29. The second kappa shape index (κ2) is 10.5. The fourth-order valence-electron chi connectivity index (χ4n) is 3.59. The molecule has 1 aliphatic heterocycles. The van der Waals surface area contributed by atoms with Crippen LogP contribution in [0.4, 0.5) is 11.4 Å². The highest BCUT2D eigenvalue weighted by Crippen LogP contribution is 2.43.